The highest BCUT2D eigenvalue weighted by molar-refractivity contribution is 6.33. The van der Waals surface area contributed by atoms with Crippen LogP contribution < -0.4 is 10.6 Å². The molecule has 0 spiro atoms. The fourth-order valence-electron chi connectivity index (χ4n) is 2.48. The molecule has 2 aromatic carbocycles. The van der Waals surface area contributed by atoms with E-state index >= 15 is 0 Å². The molecule has 3 rings (SSSR count). The molecule has 5 nitrogen and oxygen atoms in total. The molecule has 1 heterocycles. The monoisotopic (exact) mass is 356 g/mol. The average Bonchev–Trinajstić information content (AvgIpc) is 3.04. The van der Waals surface area contributed by atoms with Crippen LogP contribution in [0.1, 0.15) is 29.1 Å². The maximum atomic E-state index is 12.1. The molecular weight excluding hydrogens is 340 g/mol. The van der Waals surface area contributed by atoms with E-state index in [0.29, 0.717) is 16.3 Å². The number of carbonyl (C=O) groups excluding carboxylic acids is 2. The molecule has 0 bridgehead atoms. The number of carbonyl (C=O) groups is 2. The first-order valence-corrected chi connectivity index (χ1v) is 8.23. The minimum absolute atomic E-state index is 0.144. The topological polar surface area (TPSA) is 71.3 Å². The highest BCUT2D eigenvalue weighted by Crippen LogP contribution is 2.23. The zero-order valence-electron chi connectivity index (χ0n) is 13.6. The number of furan rings is 1. The number of para-hydroxylation sites is 1. The predicted octanol–water partition coefficient (Wildman–Crippen LogP) is 3.69. The zero-order chi connectivity index (χ0) is 17.8. The summed E-state index contributed by atoms with van der Waals surface area (Å²) in [7, 11) is 0. The Hall–Kier alpha value is -2.79. The fraction of sp³-hybridized carbons (Fsp3) is 0.158. The van der Waals surface area contributed by atoms with E-state index in [4.69, 9.17) is 16.0 Å². The van der Waals surface area contributed by atoms with Gasteiger partial charge in [-0.05, 0) is 31.2 Å². The molecular formula is C19H17ClN2O3. The van der Waals surface area contributed by atoms with Gasteiger partial charge in [0.25, 0.3) is 5.91 Å². The zero-order valence-corrected chi connectivity index (χ0v) is 14.3. The lowest BCUT2D eigenvalue weighted by Gasteiger charge is -2.12. The van der Waals surface area contributed by atoms with Crippen molar-refractivity contribution in [1.29, 1.82) is 0 Å². The SMILES string of the molecule is C[C@H](NC(=O)CNC(=O)c1ccccc1Cl)c1cc2ccccc2o1. The van der Waals surface area contributed by atoms with Crippen LogP contribution in [0.3, 0.4) is 0 Å². The molecule has 6 heteroatoms. The van der Waals surface area contributed by atoms with Crippen LogP contribution in [-0.4, -0.2) is 18.4 Å². The van der Waals surface area contributed by atoms with Gasteiger partial charge in [0.05, 0.1) is 23.2 Å². The number of halogens is 1. The van der Waals surface area contributed by atoms with Crippen molar-refractivity contribution < 1.29 is 14.0 Å². The van der Waals surface area contributed by atoms with Gasteiger partial charge in [0.15, 0.2) is 0 Å². The second-order valence-electron chi connectivity index (χ2n) is 5.64. The summed E-state index contributed by atoms with van der Waals surface area (Å²) in [5.41, 5.74) is 1.10. The van der Waals surface area contributed by atoms with Crippen molar-refractivity contribution in [2.75, 3.05) is 6.54 Å². The largest absolute Gasteiger partial charge is 0.459 e. The van der Waals surface area contributed by atoms with E-state index < -0.39 is 5.91 Å². The van der Waals surface area contributed by atoms with E-state index in [1.54, 1.807) is 24.3 Å². The summed E-state index contributed by atoms with van der Waals surface area (Å²) < 4.78 is 5.72. The third kappa shape index (κ3) is 4.00. The van der Waals surface area contributed by atoms with Crippen molar-refractivity contribution in [2.24, 2.45) is 0 Å². The highest BCUT2D eigenvalue weighted by atomic mass is 35.5. The smallest absolute Gasteiger partial charge is 0.253 e. The standard InChI is InChI=1S/C19H17ClN2O3/c1-12(17-10-13-6-2-5-9-16(13)25-17)22-18(23)11-21-19(24)14-7-3-4-8-15(14)20/h2-10,12H,11H2,1H3,(H,21,24)(H,22,23)/t12-/m0/s1. The van der Waals surface area contributed by atoms with Gasteiger partial charge in [-0.25, -0.2) is 0 Å². The maximum absolute atomic E-state index is 12.1. The van der Waals surface area contributed by atoms with Gasteiger partial charge in [-0.3, -0.25) is 9.59 Å². The Balaban J connectivity index is 1.57. The van der Waals surface area contributed by atoms with Gasteiger partial charge in [0.2, 0.25) is 5.91 Å². The van der Waals surface area contributed by atoms with Crippen molar-refractivity contribution in [3.05, 3.63) is 70.9 Å². The van der Waals surface area contributed by atoms with Crippen LogP contribution in [0.15, 0.2) is 59.0 Å². The van der Waals surface area contributed by atoms with Crippen molar-refractivity contribution >= 4 is 34.4 Å². The normalized spacial score (nSPS) is 11.9. The molecule has 1 atom stereocenters. The summed E-state index contributed by atoms with van der Waals surface area (Å²) in [5, 5.41) is 6.68. The average molecular weight is 357 g/mol. The number of benzene rings is 2. The van der Waals surface area contributed by atoms with Crippen LogP contribution in [-0.2, 0) is 4.79 Å². The molecule has 0 aliphatic heterocycles. The second kappa shape index (κ2) is 7.40. The molecule has 0 fully saturated rings. The van der Waals surface area contributed by atoms with Gasteiger partial charge in [0.1, 0.15) is 11.3 Å². The molecule has 3 aromatic rings. The summed E-state index contributed by atoms with van der Waals surface area (Å²) >= 11 is 5.96. The fourth-order valence-corrected chi connectivity index (χ4v) is 2.70. The molecule has 128 valence electrons. The third-order valence-corrected chi connectivity index (χ3v) is 4.11. The van der Waals surface area contributed by atoms with E-state index in [9.17, 15) is 9.59 Å². The second-order valence-corrected chi connectivity index (χ2v) is 6.05. The van der Waals surface area contributed by atoms with Crippen LogP contribution in [0.2, 0.25) is 5.02 Å². The summed E-state index contributed by atoms with van der Waals surface area (Å²) in [5.74, 6) is -0.0440. The van der Waals surface area contributed by atoms with E-state index in [1.807, 2.05) is 37.3 Å². The molecule has 25 heavy (non-hydrogen) atoms. The lowest BCUT2D eigenvalue weighted by Crippen LogP contribution is -2.38. The Morgan fingerprint density at radius 3 is 2.60 bits per heavy atom. The lowest BCUT2D eigenvalue weighted by molar-refractivity contribution is -0.120. The van der Waals surface area contributed by atoms with Gasteiger partial charge in [-0.1, -0.05) is 41.9 Å². The van der Waals surface area contributed by atoms with E-state index in [2.05, 4.69) is 10.6 Å². The van der Waals surface area contributed by atoms with E-state index in [1.165, 1.54) is 0 Å². The minimum Gasteiger partial charge on any atom is -0.459 e. The van der Waals surface area contributed by atoms with Crippen molar-refractivity contribution in [3.63, 3.8) is 0 Å². The first-order chi connectivity index (χ1) is 12.0. The number of hydrogen-bond acceptors (Lipinski definition) is 3. The third-order valence-electron chi connectivity index (χ3n) is 3.78. The quantitative estimate of drug-likeness (QED) is 0.732. The van der Waals surface area contributed by atoms with Gasteiger partial charge in [-0.15, -0.1) is 0 Å². The lowest BCUT2D eigenvalue weighted by atomic mass is 10.2. The van der Waals surface area contributed by atoms with Gasteiger partial charge in [-0.2, -0.15) is 0 Å². The van der Waals surface area contributed by atoms with Crippen molar-refractivity contribution in [1.82, 2.24) is 10.6 Å². The maximum Gasteiger partial charge on any atom is 0.253 e. The predicted molar refractivity (Wildman–Crippen MR) is 96.6 cm³/mol. The van der Waals surface area contributed by atoms with Crippen LogP contribution in [0, 0.1) is 0 Å². The highest BCUT2D eigenvalue weighted by Gasteiger charge is 2.15. The summed E-state index contributed by atoms with van der Waals surface area (Å²) in [6, 6.07) is 15.9. The van der Waals surface area contributed by atoms with Gasteiger partial charge >= 0.3 is 0 Å². The minimum atomic E-state index is -0.392. The number of rotatable bonds is 5. The number of amides is 2. The Labute approximate surface area is 150 Å². The molecule has 0 aliphatic rings. The Morgan fingerprint density at radius 1 is 1.12 bits per heavy atom. The number of hydrogen-bond donors (Lipinski definition) is 2. The summed E-state index contributed by atoms with van der Waals surface area (Å²) in [6.07, 6.45) is 0. The Bertz CT molecular complexity index is 887. The molecule has 0 saturated carbocycles. The van der Waals surface area contributed by atoms with Crippen LogP contribution in [0.5, 0.6) is 0 Å². The molecule has 0 saturated heterocycles. The van der Waals surface area contributed by atoms with Gasteiger partial charge in [0, 0.05) is 5.39 Å². The Kier molecular flexibility index (Phi) is 5.05. The first kappa shape index (κ1) is 17.0. The number of fused-ring (bicyclic) bond motifs is 1. The van der Waals surface area contributed by atoms with Crippen LogP contribution >= 0.6 is 11.6 Å². The molecule has 0 aliphatic carbocycles. The van der Waals surface area contributed by atoms with Crippen LogP contribution in [0.25, 0.3) is 11.0 Å². The van der Waals surface area contributed by atoms with Crippen molar-refractivity contribution in [2.45, 2.75) is 13.0 Å². The summed E-state index contributed by atoms with van der Waals surface area (Å²) in [6.45, 7) is 1.68. The van der Waals surface area contributed by atoms with E-state index in [0.717, 1.165) is 11.0 Å². The molecule has 0 unspecified atom stereocenters. The first-order valence-electron chi connectivity index (χ1n) is 7.85. The van der Waals surface area contributed by atoms with Crippen molar-refractivity contribution in [3.8, 4) is 0 Å². The number of nitrogens with one attached hydrogen (secondary N) is 2. The molecule has 2 amide bonds. The Morgan fingerprint density at radius 2 is 1.84 bits per heavy atom. The molecule has 1 aromatic heterocycles. The van der Waals surface area contributed by atoms with Gasteiger partial charge < -0.3 is 15.1 Å². The molecule has 0 radical (unpaired) electrons. The van der Waals surface area contributed by atoms with Crippen LogP contribution in [0.4, 0.5) is 0 Å². The summed E-state index contributed by atoms with van der Waals surface area (Å²) in [4.78, 5) is 24.1. The molecule has 2 N–H and O–H groups in total. The van der Waals surface area contributed by atoms with E-state index in [-0.39, 0.29) is 18.5 Å².